The van der Waals surface area contributed by atoms with Crippen LogP contribution in [0.5, 0.6) is 5.75 Å². The SMILES string of the molecule is CC(C)CCNC(CC(C)C)C(=O)NC(C)(C)CN(CCC(C)C)c1ccc(OCc2ccccc2)cc1. The summed E-state index contributed by atoms with van der Waals surface area (Å²) in [5.41, 5.74) is 1.92. The molecule has 5 nitrogen and oxygen atoms in total. The van der Waals surface area contributed by atoms with Gasteiger partial charge < -0.3 is 20.3 Å². The summed E-state index contributed by atoms with van der Waals surface area (Å²) in [4.78, 5) is 15.8. The Bertz CT molecular complexity index is 923. The molecule has 2 rings (SSSR count). The van der Waals surface area contributed by atoms with Crippen LogP contribution in [0, 0.1) is 17.8 Å². The predicted octanol–water partition coefficient (Wildman–Crippen LogP) is 7.06. The molecule has 38 heavy (non-hydrogen) atoms. The van der Waals surface area contributed by atoms with E-state index in [4.69, 9.17) is 4.74 Å². The van der Waals surface area contributed by atoms with Crippen molar-refractivity contribution in [1.82, 2.24) is 10.6 Å². The lowest BCUT2D eigenvalue weighted by molar-refractivity contribution is -0.125. The van der Waals surface area contributed by atoms with Crippen molar-refractivity contribution >= 4 is 11.6 Å². The quantitative estimate of drug-likeness (QED) is 0.233. The molecule has 0 spiro atoms. The Morgan fingerprint density at radius 2 is 1.50 bits per heavy atom. The van der Waals surface area contributed by atoms with Crippen LogP contribution in [0.2, 0.25) is 0 Å². The number of carbonyl (C=O) groups is 1. The minimum atomic E-state index is -0.383. The Balaban J connectivity index is 2.07. The fraction of sp³-hybridized carbons (Fsp3) is 0.606. The second-order valence-corrected chi connectivity index (χ2v) is 12.6. The Morgan fingerprint density at radius 1 is 0.868 bits per heavy atom. The smallest absolute Gasteiger partial charge is 0.237 e. The van der Waals surface area contributed by atoms with Crippen LogP contribution in [0.3, 0.4) is 0 Å². The molecule has 0 aliphatic rings. The van der Waals surface area contributed by atoms with Crippen LogP contribution in [0.15, 0.2) is 54.6 Å². The molecule has 1 amide bonds. The molecule has 2 aromatic carbocycles. The van der Waals surface area contributed by atoms with E-state index in [2.05, 4.69) is 95.2 Å². The van der Waals surface area contributed by atoms with E-state index in [1.54, 1.807) is 0 Å². The van der Waals surface area contributed by atoms with Crippen LogP contribution in [-0.4, -0.2) is 37.1 Å². The summed E-state index contributed by atoms with van der Waals surface area (Å²) >= 11 is 0. The van der Waals surface area contributed by atoms with Gasteiger partial charge in [0.05, 0.1) is 11.6 Å². The third-order valence-electron chi connectivity index (χ3n) is 6.61. The van der Waals surface area contributed by atoms with Gasteiger partial charge in [0, 0.05) is 18.8 Å². The maximum Gasteiger partial charge on any atom is 0.237 e. The molecule has 0 bridgehead atoms. The van der Waals surface area contributed by atoms with Gasteiger partial charge in [0.15, 0.2) is 0 Å². The molecule has 2 N–H and O–H groups in total. The first-order valence-corrected chi connectivity index (χ1v) is 14.5. The number of nitrogens with one attached hydrogen (secondary N) is 2. The van der Waals surface area contributed by atoms with Gasteiger partial charge in [-0.05, 0) is 87.2 Å². The Kier molecular flexibility index (Phi) is 13.2. The highest BCUT2D eigenvalue weighted by Crippen LogP contribution is 2.23. The summed E-state index contributed by atoms with van der Waals surface area (Å²) in [5.74, 6) is 2.63. The summed E-state index contributed by atoms with van der Waals surface area (Å²) in [6.07, 6.45) is 2.99. The van der Waals surface area contributed by atoms with Gasteiger partial charge in [-0.1, -0.05) is 71.9 Å². The maximum absolute atomic E-state index is 13.4. The van der Waals surface area contributed by atoms with Gasteiger partial charge in [0.1, 0.15) is 12.4 Å². The Morgan fingerprint density at radius 3 is 2.08 bits per heavy atom. The van der Waals surface area contributed by atoms with E-state index in [1.807, 2.05) is 30.3 Å². The van der Waals surface area contributed by atoms with Gasteiger partial charge in [0.2, 0.25) is 5.91 Å². The number of nitrogens with zero attached hydrogens (tertiary/aromatic N) is 1. The highest BCUT2D eigenvalue weighted by atomic mass is 16.5. The Hall–Kier alpha value is -2.53. The van der Waals surface area contributed by atoms with Gasteiger partial charge in [-0.2, -0.15) is 0 Å². The molecule has 0 aliphatic heterocycles. The zero-order valence-electron chi connectivity index (χ0n) is 25.2. The molecule has 0 heterocycles. The molecule has 1 atom stereocenters. The zero-order chi connectivity index (χ0) is 28.1. The number of hydrogen-bond donors (Lipinski definition) is 2. The highest BCUT2D eigenvalue weighted by Gasteiger charge is 2.28. The third kappa shape index (κ3) is 12.3. The second-order valence-electron chi connectivity index (χ2n) is 12.6. The number of carbonyl (C=O) groups excluding carboxylic acids is 1. The van der Waals surface area contributed by atoms with Crippen LogP contribution in [0.4, 0.5) is 5.69 Å². The van der Waals surface area contributed by atoms with Crippen molar-refractivity contribution in [3.63, 3.8) is 0 Å². The van der Waals surface area contributed by atoms with E-state index < -0.39 is 0 Å². The first-order chi connectivity index (χ1) is 17.9. The number of amides is 1. The van der Waals surface area contributed by atoms with Gasteiger partial charge in [-0.15, -0.1) is 0 Å². The average molecular weight is 524 g/mol. The van der Waals surface area contributed by atoms with Gasteiger partial charge in [-0.3, -0.25) is 4.79 Å². The molecule has 0 saturated carbocycles. The number of ether oxygens (including phenoxy) is 1. The van der Waals surface area contributed by atoms with E-state index in [-0.39, 0.29) is 17.5 Å². The molecule has 0 radical (unpaired) electrons. The predicted molar refractivity (Wildman–Crippen MR) is 162 cm³/mol. The van der Waals surface area contributed by atoms with Crippen molar-refractivity contribution in [2.75, 3.05) is 24.5 Å². The molecule has 212 valence electrons. The minimum absolute atomic E-state index is 0.0981. The summed E-state index contributed by atoms with van der Waals surface area (Å²) in [6, 6.07) is 18.4. The van der Waals surface area contributed by atoms with Crippen molar-refractivity contribution in [3.8, 4) is 5.75 Å². The number of benzene rings is 2. The monoisotopic (exact) mass is 523 g/mol. The summed E-state index contributed by atoms with van der Waals surface area (Å²) in [7, 11) is 0. The van der Waals surface area contributed by atoms with E-state index in [1.165, 1.54) is 0 Å². The van der Waals surface area contributed by atoms with Crippen molar-refractivity contribution in [3.05, 3.63) is 60.2 Å². The molecule has 0 aromatic heterocycles. The standard InChI is InChI=1S/C33H53N3O2/c1-25(2)18-20-34-31(22-27(5)6)32(37)35-33(7,8)24-36(21-19-26(3)4)29-14-16-30(17-15-29)38-23-28-12-10-9-11-13-28/h9-17,25-27,31,34H,18-24H2,1-8H3,(H,35,37). The first-order valence-electron chi connectivity index (χ1n) is 14.5. The molecule has 1 unspecified atom stereocenters. The van der Waals surface area contributed by atoms with Crippen LogP contribution < -0.4 is 20.3 Å². The van der Waals surface area contributed by atoms with Crippen molar-refractivity contribution in [2.45, 2.75) is 92.8 Å². The lowest BCUT2D eigenvalue weighted by atomic mass is 9.99. The maximum atomic E-state index is 13.4. The van der Waals surface area contributed by atoms with Crippen LogP contribution in [-0.2, 0) is 11.4 Å². The molecule has 2 aromatic rings. The minimum Gasteiger partial charge on any atom is -0.489 e. The molecule has 0 fully saturated rings. The summed E-state index contributed by atoms with van der Waals surface area (Å²) < 4.78 is 6.00. The second kappa shape index (κ2) is 15.8. The molecular formula is C33H53N3O2. The van der Waals surface area contributed by atoms with Crippen LogP contribution >= 0.6 is 0 Å². The Labute approximate surface area is 232 Å². The van der Waals surface area contributed by atoms with Crippen LogP contribution in [0.25, 0.3) is 0 Å². The molecule has 0 aliphatic carbocycles. The lowest BCUT2D eigenvalue weighted by Gasteiger charge is -2.36. The zero-order valence-corrected chi connectivity index (χ0v) is 25.2. The van der Waals surface area contributed by atoms with E-state index >= 15 is 0 Å². The number of hydrogen-bond acceptors (Lipinski definition) is 4. The summed E-state index contributed by atoms with van der Waals surface area (Å²) in [5, 5.41) is 6.89. The van der Waals surface area contributed by atoms with Crippen LogP contribution in [0.1, 0.15) is 80.2 Å². The topological polar surface area (TPSA) is 53.6 Å². The molecule has 5 heteroatoms. The fourth-order valence-corrected chi connectivity index (χ4v) is 4.45. The van der Waals surface area contributed by atoms with E-state index in [0.717, 1.165) is 55.9 Å². The highest BCUT2D eigenvalue weighted by molar-refractivity contribution is 5.82. The van der Waals surface area contributed by atoms with E-state index in [0.29, 0.717) is 24.4 Å². The first kappa shape index (κ1) is 31.7. The third-order valence-corrected chi connectivity index (χ3v) is 6.61. The molecular weight excluding hydrogens is 470 g/mol. The van der Waals surface area contributed by atoms with Gasteiger partial charge in [-0.25, -0.2) is 0 Å². The summed E-state index contributed by atoms with van der Waals surface area (Å²) in [6.45, 7) is 20.6. The van der Waals surface area contributed by atoms with Crippen molar-refractivity contribution in [2.24, 2.45) is 17.8 Å². The van der Waals surface area contributed by atoms with Gasteiger partial charge >= 0.3 is 0 Å². The van der Waals surface area contributed by atoms with E-state index in [9.17, 15) is 4.79 Å². The van der Waals surface area contributed by atoms with Crippen molar-refractivity contribution in [1.29, 1.82) is 0 Å². The van der Waals surface area contributed by atoms with Crippen molar-refractivity contribution < 1.29 is 9.53 Å². The van der Waals surface area contributed by atoms with Gasteiger partial charge in [0.25, 0.3) is 0 Å². The average Bonchev–Trinajstić information content (AvgIpc) is 2.85. The lowest BCUT2D eigenvalue weighted by Crippen LogP contribution is -2.57. The molecule has 0 saturated heterocycles. The largest absolute Gasteiger partial charge is 0.489 e. The number of anilines is 1. The number of rotatable bonds is 17. The fourth-order valence-electron chi connectivity index (χ4n) is 4.45. The normalized spacial score (nSPS) is 12.7.